The average molecular weight is 376 g/mol. The van der Waals surface area contributed by atoms with Crippen LogP contribution < -0.4 is 5.32 Å². The van der Waals surface area contributed by atoms with E-state index in [2.05, 4.69) is 5.32 Å². The molecule has 1 N–H and O–H groups in total. The van der Waals surface area contributed by atoms with Crippen LogP contribution in [0.1, 0.15) is 29.7 Å². The molecule has 1 aliphatic heterocycles. The van der Waals surface area contributed by atoms with E-state index >= 15 is 0 Å². The summed E-state index contributed by atoms with van der Waals surface area (Å²) >= 11 is 0. The van der Waals surface area contributed by atoms with Crippen molar-refractivity contribution < 1.29 is 22.4 Å². The minimum absolute atomic E-state index is 0.0136. The van der Waals surface area contributed by atoms with Crippen LogP contribution in [0.4, 0.5) is 0 Å². The molecule has 1 unspecified atom stereocenters. The largest absolute Gasteiger partial charge is 0.467 e. The molecule has 26 heavy (non-hydrogen) atoms. The first kappa shape index (κ1) is 18.2. The molecule has 1 saturated heterocycles. The summed E-state index contributed by atoms with van der Waals surface area (Å²) in [5.74, 6) is -0.535. The molecule has 7 nitrogen and oxygen atoms in total. The number of hydrogen-bond donors (Lipinski definition) is 1. The average Bonchev–Trinajstić information content (AvgIpc) is 3.24. The number of carbonyl (C=O) groups excluding carboxylic acids is 2. The number of hydrogen-bond acceptors (Lipinski definition) is 5. The van der Waals surface area contributed by atoms with Gasteiger partial charge in [0.15, 0.2) is 0 Å². The van der Waals surface area contributed by atoms with Crippen molar-refractivity contribution in [2.24, 2.45) is 0 Å². The quantitative estimate of drug-likeness (QED) is 0.860. The maximum absolute atomic E-state index is 13.0. The third kappa shape index (κ3) is 3.37. The Kier molecular flexibility index (Phi) is 4.86. The molecule has 8 heteroatoms. The van der Waals surface area contributed by atoms with Crippen LogP contribution in [0.5, 0.6) is 0 Å². The van der Waals surface area contributed by atoms with E-state index in [0.29, 0.717) is 10.1 Å². The minimum atomic E-state index is -4.09. The highest BCUT2D eigenvalue weighted by Crippen LogP contribution is 2.28. The number of sulfonamides is 1. The zero-order valence-corrected chi connectivity index (χ0v) is 15.4. The summed E-state index contributed by atoms with van der Waals surface area (Å²) in [6.07, 6.45) is 1.66. The lowest BCUT2D eigenvalue weighted by Crippen LogP contribution is -2.47. The van der Waals surface area contributed by atoms with Gasteiger partial charge in [0.2, 0.25) is 11.8 Å². The fourth-order valence-electron chi connectivity index (χ4n) is 2.89. The summed E-state index contributed by atoms with van der Waals surface area (Å²) < 4.78 is 31.8. The Labute approximate surface area is 152 Å². The molecule has 1 aromatic carbocycles. The maximum atomic E-state index is 13.0. The van der Waals surface area contributed by atoms with Gasteiger partial charge in [-0.2, -0.15) is 0 Å². The van der Waals surface area contributed by atoms with Crippen molar-refractivity contribution in [1.82, 2.24) is 9.62 Å². The van der Waals surface area contributed by atoms with Crippen molar-refractivity contribution in [1.29, 1.82) is 0 Å². The first-order valence-corrected chi connectivity index (χ1v) is 9.69. The second-order valence-electron chi connectivity index (χ2n) is 6.29. The lowest BCUT2D eigenvalue weighted by molar-refractivity contribution is -0.130. The van der Waals surface area contributed by atoms with Gasteiger partial charge in [-0.3, -0.25) is 9.59 Å². The second-order valence-corrected chi connectivity index (χ2v) is 8.11. The van der Waals surface area contributed by atoms with Crippen LogP contribution in [0, 0.1) is 13.8 Å². The fraction of sp³-hybridized carbons (Fsp3) is 0.333. The van der Waals surface area contributed by atoms with Crippen LogP contribution in [-0.4, -0.2) is 30.6 Å². The predicted octanol–water partition coefficient (Wildman–Crippen LogP) is 1.89. The Bertz CT molecular complexity index is 934. The van der Waals surface area contributed by atoms with Gasteiger partial charge in [0.05, 0.1) is 17.7 Å². The maximum Gasteiger partial charge on any atom is 0.267 e. The molecule has 0 bridgehead atoms. The van der Waals surface area contributed by atoms with E-state index in [1.165, 1.54) is 18.4 Å². The van der Waals surface area contributed by atoms with Crippen molar-refractivity contribution in [3.8, 4) is 0 Å². The zero-order valence-electron chi connectivity index (χ0n) is 14.6. The summed E-state index contributed by atoms with van der Waals surface area (Å²) in [6.45, 7) is 3.80. The Morgan fingerprint density at radius 2 is 2.04 bits per heavy atom. The van der Waals surface area contributed by atoms with Crippen molar-refractivity contribution in [3.05, 3.63) is 53.5 Å². The van der Waals surface area contributed by atoms with Gasteiger partial charge in [-0.1, -0.05) is 6.07 Å². The SMILES string of the molecule is Cc1ccc(S(=O)(=O)N2C(=O)CCC2C(=O)NCc2ccco2)cc1C. The zero-order chi connectivity index (χ0) is 18.9. The minimum Gasteiger partial charge on any atom is -0.467 e. The molecule has 1 atom stereocenters. The van der Waals surface area contributed by atoms with Crippen LogP contribution in [0.2, 0.25) is 0 Å². The molecule has 0 radical (unpaired) electrons. The summed E-state index contributed by atoms with van der Waals surface area (Å²) in [6, 6.07) is 7.01. The fourth-order valence-corrected chi connectivity index (χ4v) is 4.58. The number of benzene rings is 1. The van der Waals surface area contributed by atoms with Crippen LogP contribution in [0.15, 0.2) is 45.9 Å². The number of nitrogens with zero attached hydrogens (tertiary/aromatic N) is 1. The monoisotopic (exact) mass is 376 g/mol. The van der Waals surface area contributed by atoms with Crippen LogP contribution in [0.3, 0.4) is 0 Å². The van der Waals surface area contributed by atoms with Gasteiger partial charge < -0.3 is 9.73 Å². The molecule has 2 amide bonds. The molecule has 0 saturated carbocycles. The number of carbonyl (C=O) groups is 2. The normalized spacial score (nSPS) is 17.5. The van der Waals surface area contributed by atoms with E-state index in [0.717, 1.165) is 11.1 Å². The Balaban J connectivity index is 1.84. The van der Waals surface area contributed by atoms with Crippen molar-refractivity contribution in [3.63, 3.8) is 0 Å². The van der Waals surface area contributed by atoms with Gasteiger partial charge in [0.25, 0.3) is 10.0 Å². The standard InChI is InChI=1S/C18H20N2O5S/c1-12-5-6-15(10-13(12)2)26(23,24)20-16(7-8-17(20)21)18(22)19-11-14-4-3-9-25-14/h3-6,9-10,16H,7-8,11H2,1-2H3,(H,19,22). The van der Waals surface area contributed by atoms with E-state index in [1.54, 1.807) is 25.1 Å². The smallest absolute Gasteiger partial charge is 0.267 e. The van der Waals surface area contributed by atoms with E-state index in [4.69, 9.17) is 4.42 Å². The highest BCUT2D eigenvalue weighted by atomic mass is 32.2. The van der Waals surface area contributed by atoms with Crippen LogP contribution >= 0.6 is 0 Å². The van der Waals surface area contributed by atoms with Crippen molar-refractivity contribution in [2.75, 3.05) is 0 Å². The van der Waals surface area contributed by atoms with E-state index in [-0.39, 0.29) is 24.3 Å². The molecule has 1 aliphatic rings. The number of nitrogens with one attached hydrogen (secondary N) is 1. The molecule has 138 valence electrons. The molecule has 0 aliphatic carbocycles. The molecule has 1 aromatic heterocycles. The number of furan rings is 1. The molecular weight excluding hydrogens is 356 g/mol. The first-order valence-electron chi connectivity index (χ1n) is 8.25. The van der Waals surface area contributed by atoms with E-state index < -0.39 is 27.9 Å². The third-order valence-electron chi connectivity index (χ3n) is 4.52. The summed E-state index contributed by atoms with van der Waals surface area (Å²) in [7, 11) is -4.09. The molecular formula is C18H20N2O5S. The van der Waals surface area contributed by atoms with Crippen LogP contribution in [0.25, 0.3) is 0 Å². The molecule has 2 heterocycles. The third-order valence-corrected chi connectivity index (χ3v) is 6.34. The second kappa shape index (κ2) is 6.95. The predicted molar refractivity (Wildman–Crippen MR) is 93.5 cm³/mol. The van der Waals surface area contributed by atoms with Gasteiger partial charge in [-0.05, 0) is 55.7 Å². The van der Waals surface area contributed by atoms with E-state index in [1.807, 2.05) is 6.92 Å². The van der Waals surface area contributed by atoms with Gasteiger partial charge in [0.1, 0.15) is 11.8 Å². The Morgan fingerprint density at radius 3 is 2.69 bits per heavy atom. The molecule has 3 rings (SSSR count). The van der Waals surface area contributed by atoms with Gasteiger partial charge in [-0.15, -0.1) is 0 Å². The Morgan fingerprint density at radius 1 is 1.27 bits per heavy atom. The Hall–Kier alpha value is -2.61. The van der Waals surface area contributed by atoms with E-state index in [9.17, 15) is 18.0 Å². The summed E-state index contributed by atoms with van der Waals surface area (Å²) in [5.41, 5.74) is 1.75. The van der Waals surface area contributed by atoms with Crippen molar-refractivity contribution >= 4 is 21.8 Å². The highest BCUT2D eigenvalue weighted by molar-refractivity contribution is 7.89. The van der Waals surface area contributed by atoms with Gasteiger partial charge >= 0.3 is 0 Å². The topological polar surface area (TPSA) is 96.7 Å². The molecule has 2 aromatic rings. The number of aryl methyl sites for hydroxylation is 2. The summed E-state index contributed by atoms with van der Waals surface area (Å²) in [4.78, 5) is 24.7. The van der Waals surface area contributed by atoms with Gasteiger partial charge in [-0.25, -0.2) is 12.7 Å². The molecule has 0 spiro atoms. The van der Waals surface area contributed by atoms with Gasteiger partial charge in [0, 0.05) is 6.42 Å². The van der Waals surface area contributed by atoms with Crippen molar-refractivity contribution in [2.45, 2.75) is 44.2 Å². The lowest BCUT2D eigenvalue weighted by Gasteiger charge is -2.24. The first-order chi connectivity index (χ1) is 12.3. The highest BCUT2D eigenvalue weighted by Gasteiger charge is 2.44. The van der Waals surface area contributed by atoms with Crippen LogP contribution in [-0.2, 0) is 26.2 Å². The lowest BCUT2D eigenvalue weighted by atomic mass is 10.1. The number of amides is 2. The number of rotatable bonds is 5. The summed E-state index contributed by atoms with van der Waals surface area (Å²) in [5, 5.41) is 2.63. The molecule has 1 fully saturated rings.